The Morgan fingerprint density at radius 1 is 1.32 bits per heavy atom. The average Bonchev–Trinajstić information content (AvgIpc) is 2.38. The van der Waals surface area contributed by atoms with E-state index in [1.54, 1.807) is 0 Å². The maximum Gasteiger partial charge on any atom is 0.0701 e. The average molecular weight is 286 g/mol. The number of ether oxygens (including phenoxy) is 1. The Labute approximate surface area is 122 Å². The molecule has 2 rings (SSSR count). The fourth-order valence-electron chi connectivity index (χ4n) is 3.34. The van der Waals surface area contributed by atoms with Gasteiger partial charge in [0.05, 0.1) is 5.60 Å². The number of hydrogen-bond donors (Lipinski definition) is 1. The Bertz CT molecular complexity index is 295. The molecule has 2 unspecified atom stereocenters. The third kappa shape index (κ3) is 3.29. The highest BCUT2D eigenvalue weighted by atomic mass is 32.2. The third-order valence-corrected chi connectivity index (χ3v) is 6.40. The first-order valence-electron chi connectivity index (χ1n) is 7.52. The third-order valence-electron chi connectivity index (χ3n) is 5.41. The van der Waals surface area contributed by atoms with Gasteiger partial charge in [-0.2, -0.15) is 11.8 Å². The smallest absolute Gasteiger partial charge is 0.0701 e. The standard InChI is InChI=1S/C15H30N2OS/c1-14(2,17(3)4)13(16)12-5-8-18-15(11-12)6-9-19-10-7-15/h12-13H,5-11,16H2,1-4H3. The molecular formula is C15H30N2OS. The minimum Gasteiger partial charge on any atom is -0.375 e. The Balaban J connectivity index is 2.04. The van der Waals surface area contributed by atoms with Gasteiger partial charge < -0.3 is 15.4 Å². The van der Waals surface area contributed by atoms with E-state index in [0.29, 0.717) is 5.92 Å². The molecule has 2 N–H and O–H groups in total. The highest BCUT2D eigenvalue weighted by Crippen LogP contribution is 2.41. The van der Waals surface area contributed by atoms with Crippen molar-refractivity contribution in [3.05, 3.63) is 0 Å². The number of hydrogen-bond acceptors (Lipinski definition) is 4. The number of likely N-dealkylation sites (N-methyl/N-ethyl adjacent to an activating group) is 1. The number of nitrogens with two attached hydrogens (primary N) is 1. The van der Waals surface area contributed by atoms with Gasteiger partial charge in [0.15, 0.2) is 0 Å². The van der Waals surface area contributed by atoms with Crippen molar-refractivity contribution in [3.63, 3.8) is 0 Å². The van der Waals surface area contributed by atoms with E-state index < -0.39 is 0 Å². The molecule has 19 heavy (non-hydrogen) atoms. The van der Waals surface area contributed by atoms with E-state index in [1.807, 2.05) is 0 Å². The van der Waals surface area contributed by atoms with Gasteiger partial charge in [0.1, 0.15) is 0 Å². The summed E-state index contributed by atoms with van der Waals surface area (Å²) in [6.45, 7) is 5.42. The molecule has 2 heterocycles. The Morgan fingerprint density at radius 2 is 1.95 bits per heavy atom. The molecule has 0 bridgehead atoms. The summed E-state index contributed by atoms with van der Waals surface area (Å²) in [6.07, 6.45) is 4.70. The summed E-state index contributed by atoms with van der Waals surface area (Å²) in [4.78, 5) is 2.26. The van der Waals surface area contributed by atoms with Crippen LogP contribution in [0, 0.1) is 5.92 Å². The van der Waals surface area contributed by atoms with Crippen LogP contribution in [-0.2, 0) is 4.74 Å². The topological polar surface area (TPSA) is 38.5 Å². The van der Waals surface area contributed by atoms with Crippen LogP contribution in [0.25, 0.3) is 0 Å². The molecule has 0 amide bonds. The summed E-state index contributed by atoms with van der Waals surface area (Å²) >= 11 is 2.06. The molecule has 0 aromatic rings. The maximum absolute atomic E-state index is 6.61. The lowest BCUT2D eigenvalue weighted by Gasteiger charge is -2.49. The summed E-state index contributed by atoms with van der Waals surface area (Å²) in [5, 5.41) is 0. The van der Waals surface area contributed by atoms with Gasteiger partial charge in [-0.3, -0.25) is 0 Å². The highest BCUT2D eigenvalue weighted by Gasteiger charge is 2.43. The van der Waals surface area contributed by atoms with Gasteiger partial charge in [0.25, 0.3) is 0 Å². The molecule has 112 valence electrons. The molecule has 2 aliphatic rings. The zero-order valence-electron chi connectivity index (χ0n) is 12.9. The summed E-state index contributed by atoms with van der Waals surface area (Å²) in [5.41, 5.74) is 6.81. The molecule has 0 aromatic heterocycles. The quantitative estimate of drug-likeness (QED) is 0.864. The van der Waals surface area contributed by atoms with Gasteiger partial charge >= 0.3 is 0 Å². The van der Waals surface area contributed by atoms with E-state index in [9.17, 15) is 0 Å². The molecule has 0 aromatic carbocycles. The SMILES string of the molecule is CN(C)C(C)(C)C(N)C1CCOC2(CCSCC2)C1. The van der Waals surface area contributed by atoms with E-state index in [1.165, 1.54) is 24.3 Å². The van der Waals surface area contributed by atoms with Crippen molar-refractivity contribution >= 4 is 11.8 Å². The van der Waals surface area contributed by atoms with Crippen LogP contribution in [0.2, 0.25) is 0 Å². The monoisotopic (exact) mass is 286 g/mol. The van der Waals surface area contributed by atoms with E-state index in [-0.39, 0.29) is 17.2 Å². The van der Waals surface area contributed by atoms with Crippen LogP contribution in [0.15, 0.2) is 0 Å². The number of thioether (sulfide) groups is 1. The molecule has 1 spiro atoms. The van der Waals surface area contributed by atoms with Gasteiger partial charge in [0, 0.05) is 18.2 Å². The molecule has 4 heteroatoms. The van der Waals surface area contributed by atoms with Gasteiger partial charge in [-0.1, -0.05) is 0 Å². The van der Waals surface area contributed by atoms with Gasteiger partial charge in [-0.25, -0.2) is 0 Å². The van der Waals surface area contributed by atoms with E-state index in [4.69, 9.17) is 10.5 Å². The Hall–Kier alpha value is 0.230. The highest BCUT2D eigenvalue weighted by molar-refractivity contribution is 7.99. The number of rotatable bonds is 3. The summed E-state index contributed by atoms with van der Waals surface area (Å²) in [5.74, 6) is 3.09. The van der Waals surface area contributed by atoms with Crippen molar-refractivity contribution < 1.29 is 4.74 Å². The fraction of sp³-hybridized carbons (Fsp3) is 1.00. The molecular weight excluding hydrogens is 256 g/mol. The van der Waals surface area contributed by atoms with Crippen molar-refractivity contribution in [1.29, 1.82) is 0 Å². The van der Waals surface area contributed by atoms with Crippen LogP contribution in [0.4, 0.5) is 0 Å². The fourth-order valence-corrected chi connectivity index (χ4v) is 4.58. The van der Waals surface area contributed by atoms with Crippen molar-refractivity contribution in [3.8, 4) is 0 Å². The van der Waals surface area contributed by atoms with Crippen molar-refractivity contribution in [2.24, 2.45) is 11.7 Å². The van der Waals surface area contributed by atoms with Crippen LogP contribution < -0.4 is 5.73 Å². The molecule has 0 saturated carbocycles. The number of nitrogens with zero attached hydrogens (tertiary/aromatic N) is 1. The molecule has 2 fully saturated rings. The second-order valence-electron chi connectivity index (χ2n) is 6.97. The molecule has 0 radical (unpaired) electrons. The molecule has 2 aliphatic heterocycles. The second-order valence-corrected chi connectivity index (χ2v) is 8.20. The minimum absolute atomic E-state index is 0.0482. The summed E-state index contributed by atoms with van der Waals surface area (Å²) < 4.78 is 6.18. The molecule has 0 aliphatic carbocycles. The summed E-state index contributed by atoms with van der Waals surface area (Å²) in [6, 6.07) is 0.220. The molecule has 2 saturated heterocycles. The van der Waals surface area contributed by atoms with Gasteiger partial charge in [-0.15, -0.1) is 0 Å². The maximum atomic E-state index is 6.61. The van der Waals surface area contributed by atoms with E-state index in [0.717, 1.165) is 19.4 Å². The zero-order valence-corrected chi connectivity index (χ0v) is 13.8. The summed E-state index contributed by atoms with van der Waals surface area (Å²) in [7, 11) is 4.26. The van der Waals surface area contributed by atoms with Crippen LogP contribution in [0.3, 0.4) is 0 Å². The lowest BCUT2D eigenvalue weighted by molar-refractivity contribution is -0.111. The first-order chi connectivity index (χ1) is 8.87. The zero-order chi connectivity index (χ0) is 14.1. The normalized spacial score (nSPS) is 29.7. The second kappa shape index (κ2) is 5.92. The van der Waals surface area contributed by atoms with Crippen LogP contribution in [0.1, 0.15) is 39.5 Å². The van der Waals surface area contributed by atoms with Crippen LogP contribution in [-0.4, -0.2) is 54.3 Å². The van der Waals surface area contributed by atoms with Gasteiger partial charge in [0.2, 0.25) is 0 Å². The molecule has 2 atom stereocenters. The van der Waals surface area contributed by atoms with Crippen LogP contribution in [0.5, 0.6) is 0 Å². The molecule has 3 nitrogen and oxygen atoms in total. The largest absolute Gasteiger partial charge is 0.375 e. The van der Waals surface area contributed by atoms with Crippen molar-refractivity contribution in [2.75, 3.05) is 32.2 Å². The Kier molecular flexibility index (Phi) is 4.87. The van der Waals surface area contributed by atoms with E-state index >= 15 is 0 Å². The van der Waals surface area contributed by atoms with E-state index in [2.05, 4.69) is 44.6 Å². The minimum atomic E-state index is 0.0482. The van der Waals surface area contributed by atoms with Crippen molar-refractivity contribution in [2.45, 2.75) is 56.7 Å². The Morgan fingerprint density at radius 3 is 2.53 bits per heavy atom. The van der Waals surface area contributed by atoms with Gasteiger partial charge in [-0.05, 0) is 71.0 Å². The first kappa shape index (κ1) is 15.6. The van der Waals surface area contributed by atoms with Crippen molar-refractivity contribution in [1.82, 2.24) is 4.90 Å². The lowest BCUT2D eigenvalue weighted by Crippen LogP contribution is -2.59. The predicted molar refractivity (Wildman–Crippen MR) is 83.7 cm³/mol. The first-order valence-corrected chi connectivity index (χ1v) is 8.68. The van der Waals surface area contributed by atoms with Crippen LogP contribution >= 0.6 is 11.8 Å². The lowest BCUT2D eigenvalue weighted by atomic mass is 9.73. The predicted octanol–water partition coefficient (Wildman–Crippen LogP) is 2.35.